The van der Waals surface area contributed by atoms with Gasteiger partial charge in [-0.05, 0) is 22.4 Å². The summed E-state index contributed by atoms with van der Waals surface area (Å²) in [6.45, 7) is 0. The molecule has 0 radical (unpaired) electrons. The summed E-state index contributed by atoms with van der Waals surface area (Å²) in [4.78, 5) is 14.1. The number of rotatable bonds is 3. The van der Waals surface area contributed by atoms with Gasteiger partial charge in [-0.2, -0.15) is 0 Å². The van der Waals surface area contributed by atoms with Gasteiger partial charge in [-0.3, -0.25) is 0 Å². The second kappa shape index (κ2) is 3.83. The van der Waals surface area contributed by atoms with Crippen molar-refractivity contribution in [2.45, 2.75) is 12.8 Å². The van der Waals surface area contributed by atoms with Gasteiger partial charge in [0.15, 0.2) is 3.92 Å². The number of thiazole rings is 1. The van der Waals surface area contributed by atoms with E-state index in [0.29, 0.717) is 6.42 Å². The minimum absolute atomic E-state index is 0.566. The van der Waals surface area contributed by atoms with Crippen LogP contribution in [0.2, 0.25) is 0 Å². The van der Waals surface area contributed by atoms with Gasteiger partial charge in [-0.15, -0.1) is 11.3 Å². The van der Waals surface area contributed by atoms with Crippen molar-refractivity contribution >= 4 is 33.6 Å². The van der Waals surface area contributed by atoms with Gasteiger partial charge < -0.3 is 4.79 Å². The molecule has 0 atom stereocenters. The van der Waals surface area contributed by atoms with E-state index in [1.54, 1.807) is 11.3 Å². The molecule has 0 aromatic carbocycles. The van der Waals surface area contributed by atoms with Crippen LogP contribution < -0.4 is 0 Å². The Labute approximate surface area is 71.4 Å². The maximum atomic E-state index is 9.95. The number of aryl methyl sites for hydroxylation is 1. The number of aldehydes is 1. The van der Waals surface area contributed by atoms with Crippen molar-refractivity contribution in [1.82, 2.24) is 4.98 Å². The summed E-state index contributed by atoms with van der Waals surface area (Å²) >= 11 is 4.79. The van der Waals surface area contributed by atoms with Gasteiger partial charge in [0.1, 0.15) is 6.29 Å². The van der Waals surface area contributed by atoms with Crippen LogP contribution in [0, 0.1) is 0 Å². The smallest absolute Gasteiger partial charge is 0.159 e. The lowest BCUT2D eigenvalue weighted by atomic mass is 10.3. The first-order valence-corrected chi connectivity index (χ1v) is 4.53. The Morgan fingerprint density at radius 3 is 3.10 bits per heavy atom. The molecule has 2 nitrogen and oxygen atoms in total. The van der Waals surface area contributed by atoms with Crippen LogP contribution in [0.3, 0.4) is 0 Å². The van der Waals surface area contributed by atoms with E-state index < -0.39 is 0 Å². The summed E-state index contributed by atoms with van der Waals surface area (Å²) in [5.41, 5.74) is 0.990. The lowest BCUT2D eigenvalue weighted by Crippen LogP contribution is -1.84. The first-order chi connectivity index (χ1) is 4.83. The number of halogens is 1. The first-order valence-electron chi connectivity index (χ1n) is 2.86. The summed E-state index contributed by atoms with van der Waals surface area (Å²) in [6, 6.07) is 0. The molecule has 1 rings (SSSR count). The maximum Gasteiger partial charge on any atom is 0.159 e. The molecular weight excluding hydrogens is 214 g/mol. The van der Waals surface area contributed by atoms with E-state index >= 15 is 0 Å². The normalized spacial score (nSPS) is 9.70. The van der Waals surface area contributed by atoms with Crippen molar-refractivity contribution in [2.75, 3.05) is 0 Å². The highest BCUT2D eigenvalue weighted by molar-refractivity contribution is 9.11. The van der Waals surface area contributed by atoms with E-state index in [9.17, 15) is 4.79 Å². The van der Waals surface area contributed by atoms with Gasteiger partial charge in [-0.25, -0.2) is 4.98 Å². The Kier molecular flexibility index (Phi) is 3.02. The summed E-state index contributed by atoms with van der Waals surface area (Å²) in [5.74, 6) is 0. The number of aromatic nitrogens is 1. The molecule has 0 bridgehead atoms. The van der Waals surface area contributed by atoms with Crippen LogP contribution >= 0.6 is 27.3 Å². The lowest BCUT2D eigenvalue weighted by Gasteiger charge is -1.84. The highest BCUT2D eigenvalue weighted by atomic mass is 79.9. The van der Waals surface area contributed by atoms with Crippen LogP contribution in [0.4, 0.5) is 0 Å². The molecule has 1 heterocycles. The van der Waals surface area contributed by atoms with Crippen LogP contribution in [0.25, 0.3) is 0 Å². The van der Waals surface area contributed by atoms with Gasteiger partial charge >= 0.3 is 0 Å². The zero-order valence-corrected chi connectivity index (χ0v) is 7.61. The first kappa shape index (κ1) is 7.88. The summed E-state index contributed by atoms with van der Waals surface area (Å²) in [6.07, 6.45) is 2.23. The van der Waals surface area contributed by atoms with Crippen LogP contribution in [-0.4, -0.2) is 11.3 Å². The zero-order chi connectivity index (χ0) is 7.40. The molecule has 0 spiro atoms. The minimum Gasteiger partial charge on any atom is -0.303 e. The predicted octanol–water partition coefficient (Wildman–Crippen LogP) is 2.04. The van der Waals surface area contributed by atoms with Crippen LogP contribution in [0.15, 0.2) is 9.30 Å². The number of hydrogen-bond acceptors (Lipinski definition) is 3. The standard InChI is InChI=1S/C6H6BrNOS/c7-6-8-5(4-10-6)2-1-3-9/h3-4H,1-2H2. The molecule has 0 aliphatic heterocycles. The summed E-state index contributed by atoms with van der Waals surface area (Å²) < 4.78 is 0.883. The van der Waals surface area contributed by atoms with E-state index in [1.165, 1.54) is 0 Å². The fourth-order valence-corrected chi connectivity index (χ4v) is 1.69. The van der Waals surface area contributed by atoms with Crippen molar-refractivity contribution in [3.8, 4) is 0 Å². The van der Waals surface area contributed by atoms with Gasteiger partial charge in [0, 0.05) is 11.8 Å². The van der Waals surface area contributed by atoms with Gasteiger partial charge in [0.25, 0.3) is 0 Å². The molecule has 0 N–H and O–H groups in total. The molecule has 0 unspecified atom stereocenters. The van der Waals surface area contributed by atoms with Crippen LogP contribution in [0.1, 0.15) is 12.1 Å². The largest absolute Gasteiger partial charge is 0.303 e. The lowest BCUT2D eigenvalue weighted by molar-refractivity contribution is -0.107. The Morgan fingerprint density at radius 1 is 1.80 bits per heavy atom. The molecule has 54 valence electrons. The molecule has 0 saturated heterocycles. The van der Waals surface area contributed by atoms with Gasteiger partial charge in [0.2, 0.25) is 0 Å². The third-order valence-corrected chi connectivity index (χ3v) is 2.46. The van der Waals surface area contributed by atoms with E-state index in [-0.39, 0.29) is 0 Å². The third kappa shape index (κ3) is 2.19. The molecular formula is C6H6BrNOS. The average Bonchev–Trinajstić information content (AvgIpc) is 2.31. The van der Waals surface area contributed by atoms with Crippen molar-refractivity contribution in [2.24, 2.45) is 0 Å². The monoisotopic (exact) mass is 219 g/mol. The van der Waals surface area contributed by atoms with Crippen molar-refractivity contribution in [3.05, 3.63) is 15.0 Å². The second-order valence-electron chi connectivity index (χ2n) is 1.80. The molecule has 0 aliphatic carbocycles. The van der Waals surface area contributed by atoms with Crippen molar-refractivity contribution < 1.29 is 4.79 Å². The van der Waals surface area contributed by atoms with Gasteiger partial charge in [-0.1, -0.05) is 0 Å². The van der Waals surface area contributed by atoms with Gasteiger partial charge in [0.05, 0.1) is 5.69 Å². The van der Waals surface area contributed by atoms with E-state index in [1.807, 2.05) is 5.38 Å². The molecule has 1 aromatic rings. The third-order valence-electron chi connectivity index (χ3n) is 1.04. The molecule has 0 aliphatic rings. The number of hydrogen-bond donors (Lipinski definition) is 0. The topological polar surface area (TPSA) is 30.0 Å². The van der Waals surface area contributed by atoms with E-state index in [2.05, 4.69) is 20.9 Å². The SMILES string of the molecule is O=CCCc1csc(Br)n1. The van der Waals surface area contributed by atoms with Crippen LogP contribution in [-0.2, 0) is 11.2 Å². The Morgan fingerprint density at radius 2 is 2.60 bits per heavy atom. The highest BCUT2D eigenvalue weighted by Gasteiger charge is 1.96. The summed E-state index contributed by atoms with van der Waals surface area (Å²) in [7, 11) is 0. The fourth-order valence-electron chi connectivity index (χ4n) is 0.604. The number of carbonyl (C=O) groups excluding carboxylic acids is 1. The quantitative estimate of drug-likeness (QED) is 0.729. The number of nitrogens with zero attached hydrogens (tertiary/aromatic N) is 1. The average molecular weight is 220 g/mol. The molecule has 0 fully saturated rings. The summed E-state index contributed by atoms with van der Waals surface area (Å²) in [5, 5.41) is 1.95. The molecule has 0 saturated carbocycles. The molecule has 10 heavy (non-hydrogen) atoms. The predicted molar refractivity (Wildman–Crippen MR) is 44.2 cm³/mol. The van der Waals surface area contributed by atoms with Crippen molar-refractivity contribution in [3.63, 3.8) is 0 Å². The highest BCUT2D eigenvalue weighted by Crippen LogP contribution is 2.16. The Hall–Kier alpha value is -0.220. The van der Waals surface area contributed by atoms with E-state index in [4.69, 9.17) is 0 Å². The number of carbonyl (C=O) groups is 1. The molecule has 0 amide bonds. The second-order valence-corrected chi connectivity index (χ2v) is 3.93. The van der Waals surface area contributed by atoms with Crippen LogP contribution in [0.5, 0.6) is 0 Å². The maximum absolute atomic E-state index is 9.95. The zero-order valence-electron chi connectivity index (χ0n) is 5.21. The molecule has 4 heteroatoms. The van der Waals surface area contributed by atoms with E-state index in [0.717, 1.165) is 22.3 Å². The Bertz CT molecular complexity index is 223. The fraction of sp³-hybridized carbons (Fsp3) is 0.333. The molecule has 1 aromatic heterocycles. The minimum atomic E-state index is 0.566. The Balaban J connectivity index is 2.49. The van der Waals surface area contributed by atoms with Crippen molar-refractivity contribution in [1.29, 1.82) is 0 Å².